The van der Waals surface area contributed by atoms with E-state index in [1.165, 1.54) is 0 Å². The summed E-state index contributed by atoms with van der Waals surface area (Å²) in [7, 11) is 0. The smallest absolute Gasteiger partial charge is 0.363 e. The molecule has 3 aromatic carbocycles. The highest BCUT2D eigenvalue weighted by atomic mass is 35.5. The standard InChI is InChI=1S/C23H14Cl3NO3/c24-16-7-10-18(20(26)12-16)22-27-21(23(28)30-22)11-14-5-8-17(9-6-14)29-13-15-3-1-2-4-19(15)25/h1-12H,13H2/b21-11-. The third-order valence-corrected chi connectivity index (χ3v) is 5.23. The molecule has 1 aliphatic heterocycles. The van der Waals surface area contributed by atoms with E-state index in [0.717, 1.165) is 11.1 Å². The molecular formula is C23H14Cl3NO3. The Morgan fingerprint density at radius 2 is 1.70 bits per heavy atom. The molecule has 4 rings (SSSR count). The van der Waals surface area contributed by atoms with Crippen molar-refractivity contribution in [1.29, 1.82) is 0 Å². The first kappa shape index (κ1) is 20.5. The molecule has 150 valence electrons. The SMILES string of the molecule is O=C1OC(c2ccc(Cl)cc2Cl)=N/C1=C\c1ccc(OCc2ccccc2Cl)cc1. The Labute approximate surface area is 188 Å². The van der Waals surface area contributed by atoms with Crippen LogP contribution in [0.15, 0.2) is 77.4 Å². The Bertz CT molecular complexity index is 1170. The van der Waals surface area contributed by atoms with Gasteiger partial charge in [-0.25, -0.2) is 9.79 Å². The molecule has 0 atom stereocenters. The summed E-state index contributed by atoms with van der Waals surface area (Å²) in [6, 6.07) is 19.7. The summed E-state index contributed by atoms with van der Waals surface area (Å²) >= 11 is 18.2. The second-order valence-electron chi connectivity index (χ2n) is 6.41. The van der Waals surface area contributed by atoms with E-state index >= 15 is 0 Å². The van der Waals surface area contributed by atoms with Crippen molar-refractivity contribution in [1.82, 2.24) is 0 Å². The van der Waals surface area contributed by atoms with E-state index in [1.807, 2.05) is 48.5 Å². The lowest BCUT2D eigenvalue weighted by molar-refractivity contribution is -0.129. The van der Waals surface area contributed by atoms with E-state index in [2.05, 4.69) is 4.99 Å². The average Bonchev–Trinajstić information content (AvgIpc) is 3.08. The monoisotopic (exact) mass is 457 g/mol. The molecule has 4 nitrogen and oxygen atoms in total. The molecule has 3 aromatic rings. The summed E-state index contributed by atoms with van der Waals surface area (Å²) in [5.41, 5.74) is 2.36. The lowest BCUT2D eigenvalue weighted by Crippen LogP contribution is -2.05. The van der Waals surface area contributed by atoms with Crippen LogP contribution in [-0.4, -0.2) is 11.9 Å². The first-order chi connectivity index (χ1) is 14.5. The van der Waals surface area contributed by atoms with Gasteiger partial charge in [0, 0.05) is 15.6 Å². The molecule has 0 radical (unpaired) electrons. The fourth-order valence-corrected chi connectivity index (χ4v) is 3.46. The number of rotatable bonds is 5. The van der Waals surface area contributed by atoms with Crippen LogP contribution in [0, 0.1) is 0 Å². The van der Waals surface area contributed by atoms with E-state index in [9.17, 15) is 4.79 Å². The lowest BCUT2D eigenvalue weighted by Gasteiger charge is -2.07. The average molecular weight is 459 g/mol. The number of esters is 1. The number of carbonyl (C=O) groups excluding carboxylic acids is 1. The van der Waals surface area contributed by atoms with E-state index < -0.39 is 5.97 Å². The molecule has 1 aliphatic rings. The molecule has 1 heterocycles. The summed E-state index contributed by atoms with van der Waals surface area (Å²) in [6.45, 7) is 0.363. The number of ether oxygens (including phenoxy) is 2. The molecule has 0 unspecified atom stereocenters. The maximum absolute atomic E-state index is 12.2. The predicted molar refractivity (Wildman–Crippen MR) is 119 cm³/mol. The second kappa shape index (κ2) is 8.92. The number of nitrogens with zero attached hydrogens (tertiary/aromatic N) is 1. The first-order valence-corrected chi connectivity index (χ1v) is 10.1. The molecular weight excluding hydrogens is 445 g/mol. The molecule has 0 amide bonds. The van der Waals surface area contributed by atoms with Crippen molar-refractivity contribution in [3.8, 4) is 5.75 Å². The second-order valence-corrected chi connectivity index (χ2v) is 7.66. The van der Waals surface area contributed by atoms with Gasteiger partial charge in [0.05, 0.1) is 10.6 Å². The zero-order valence-electron chi connectivity index (χ0n) is 15.4. The topological polar surface area (TPSA) is 47.9 Å². The van der Waals surface area contributed by atoms with Crippen molar-refractivity contribution in [3.05, 3.63) is 104 Å². The molecule has 0 aliphatic carbocycles. The van der Waals surface area contributed by atoms with Crippen LogP contribution in [0.4, 0.5) is 0 Å². The van der Waals surface area contributed by atoms with Gasteiger partial charge in [-0.15, -0.1) is 0 Å². The van der Waals surface area contributed by atoms with Gasteiger partial charge in [0.1, 0.15) is 12.4 Å². The number of halogens is 3. The van der Waals surface area contributed by atoms with Gasteiger partial charge < -0.3 is 9.47 Å². The number of benzene rings is 3. The van der Waals surface area contributed by atoms with Crippen molar-refractivity contribution in [2.75, 3.05) is 0 Å². The number of hydrogen-bond donors (Lipinski definition) is 0. The number of aliphatic imine (C=N–C) groups is 1. The van der Waals surface area contributed by atoms with Crippen molar-refractivity contribution in [2.45, 2.75) is 6.61 Å². The molecule has 0 aromatic heterocycles. The Morgan fingerprint density at radius 1 is 0.933 bits per heavy atom. The highest BCUT2D eigenvalue weighted by molar-refractivity contribution is 6.37. The molecule has 0 bridgehead atoms. The van der Waals surface area contributed by atoms with Crippen LogP contribution in [0.5, 0.6) is 5.75 Å². The van der Waals surface area contributed by atoms with Crippen LogP contribution in [0.1, 0.15) is 16.7 Å². The molecule has 0 N–H and O–H groups in total. The normalized spacial score (nSPS) is 14.6. The third kappa shape index (κ3) is 4.68. The predicted octanol–water partition coefficient (Wildman–Crippen LogP) is 6.57. The van der Waals surface area contributed by atoms with Gasteiger partial charge in [-0.2, -0.15) is 0 Å². The van der Waals surface area contributed by atoms with Crippen LogP contribution in [0.25, 0.3) is 6.08 Å². The summed E-state index contributed by atoms with van der Waals surface area (Å²) < 4.78 is 11.0. The zero-order chi connectivity index (χ0) is 21.1. The van der Waals surface area contributed by atoms with E-state index in [0.29, 0.717) is 33.0 Å². The Balaban J connectivity index is 1.48. The molecule has 7 heteroatoms. The number of carbonyl (C=O) groups is 1. The van der Waals surface area contributed by atoms with E-state index in [4.69, 9.17) is 44.3 Å². The van der Waals surface area contributed by atoms with Gasteiger partial charge in [0.15, 0.2) is 5.70 Å². The van der Waals surface area contributed by atoms with Crippen molar-refractivity contribution >= 4 is 52.7 Å². The highest BCUT2D eigenvalue weighted by Gasteiger charge is 2.25. The molecule has 0 fully saturated rings. The molecule has 0 saturated carbocycles. The summed E-state index contributed by atoms with van der Waals surface area (Å²) in [5.74, 6) is 0.283. The minimum atomic E-state index is -0.546. The quantitative estimate of drug-likeness (QED) is 0.321. The van der Waals surface area contributed by atoms with Crippen LogP contribution in [0.3, 0.4) is 0 Å². The van der Waals surface area contributed by atoms with Gasteiger partial charge >= 0.3 is 5.97 Å². The van der Waals surface area contributed by atoms with Gasteiger partial charge in [0.2, 0.25) is 5.90 Å². The summed E-state index contributed by atoms with van der Waals surface area (Å²) in [4.78, 5) is 16.5. The largest absolute Gasteiger partial charge is 0.489 e. The van der Waals surface area contributed by atoms with Crippen LogP contribution in [0.2, 0.25) is 15.1 Å². The third-order valence-electron chi connectivity index (χ3n) is 4.32. The van der Waals surface area contributed by atoms with Crippen LogP contribution in [-0.2, 0) is 16.1 Å². The number of hydrogen-bond acceptors (Lipinski definition) is 4. The maximum Gasteiger partial charge on any atom is 0.363 e. The van der Waals surface area contributed by atoms with Crippen molar-refractivity contribution in [2.24, 2.45) is 4.99 Å². The summed E-state index contributed by atoms with van der Waals surface area (Å²) in [5, 5.41) is 1.50. The van der Waals surface area contributed by atoms with Crippen LogP contribution < -0.4 is 4.74 Å². The molecule has 0 spiro atoms. The Hall–Kier alpha value is -2.79. The Kier molecular flexibility index (Phi) is 6.09. The fraction of sp³-hybridized carbons (Fsp3) is 0.0435. The van der Waals surface area contributed by atoms with Gasteiger partial charge in [-0.05, 0) is 48.0 Å². The van der Waals surface area contributed by atoms with Gasteiger partial charge in [0.25, 0.3) is 0 Å². The number of cyclic esters (lactones) is 1. The lowest BCUT2D eigenvalue weighted by atomic mass is 10.2. The van der Waals surface area contributed by atoms with Crippen molar-refractivity contribution < 1.29 is 14.3 Å². The Morgan fingerprint density at radius 3 is 2.43 bits per heavy atom. The zero-order valence-corrected chi connectivity index (χ0v) is 17.7. The summed E-state index contributed by atoms with van der Waals surface area (Å²) in [6.07, 6.45) is 1.64. The fourth-order valence-electron chi connectivity index (χ4n) is 2.78. The van der Waals surface area contributed by atoms with Crippen LogP contribution >= 0.6 is 34.8 Å². The molecule has 0 saturated heterocycles. The van der Waals surface area contributed by atoms with Gasteiger partial charge in [-0.1, -0.05) is 65.1 Å². The molecule has 30 heavy (non-hydrogen) atoms. The minimum Gasteiger partial charge on any atom is -0.489 e. The minimum absolute atomic E-state index is 0.146. The maximum atomic E-state index is 12.2. The van der Waals surface area contributed by atoms with Gasteiger partial charge in [-0.3, -0.25) is 0 Å². The van der Waals surface area contributed by atoms with E-state index in [1.54, 1.807) is 24.3 Å². The van der Waals surface area contributed by atoms with E-state index in [-0.39, 0.29) is 11.6 Å². The van der Waals surface area contributed by atoms with Crippen molar-refractivity contribution in [3.63, 3.8) is 0 Å². The highest BCUT2D eigenvalue weighted by Crippen LogP contribution is 2.26. The first-order valence-electron chi connectivity index (χ1n) is 8.94.